The molecule has 0 aromatic heterocycles. The van der Waals surface area contributed by atoms with Crippen molar-refractivity contribution in [2.45, 2.75) is 51.1 Å². The first-order valence-corrected chi connectivity index (χ1v) is 7.60. The molecule has 1 unspecified atom stereocenters. The molecule has 19 heavy (non-hydrogen) atoms. The van der Waals surface area contributed by atoms with Gasteiger partial charge in [-0.25, -0.2) is 0 Å². The summed E-state index contributed by atoms with van der Waals surface area (Å²) in [5.41, 5.74) is 7.22. The van der Waals surface area contributed by atoms with E-state index in [1.165, 1.54) is 24.8 Å². The van der Waals surface area contributed by atoms with Crippen molar-refractivity contribution in [2.24, 2.45) is 5.73 Å². The molecule has 0 saturated carbocycles. The van der Waals surface area contributed by atoms with Crippen LogP contribution in [0, 0.1) is 0 Å². The summed E-state index contributed by atoms with van der Waals surface area (Å²) in [7, 11) is 0. The van der Waals surface area contributed by atoms with Gasteiger partial charge in [-0.05, 0) is 32.3 Å². The van der Waals surface area contributed by atoms with Crippen LogP contribution in [0.2, 0.25) is 0 Å². The van der Waals surface area contributed by atoms with Crippen molar-refractivity contribution < 1.29 is 0 Å². The Morgan fingerprint density at radius 2 is 1.84 bits per heavy atom. The lowest BCUT2D eigenvalue weighted by molar-refractivity contribution is 0.102. The van der Waals surface area contributed by atoms with Gasteiger partial charge in [-0.3, -0.25) is 4.90 Å². The van der Waals surface area contributed by atoms with Gasteiger partial charge in [0.05, 0.1) is 4.99 Å². The molecule has 3 atom stereocenters. The molecule has 1 aromatic carbocycles. The third-order valence-corrected chi connectivity index (χ3v) is 4.60. The second-order valence-corrected chi connectivity index (χ2v) is 6.16. The fourth-order valence-electron chi connectivity index (χ4n) is 3.09. The zero-order chi connectivity index (χ0) is 13.8. The Balaban J connectivity index is 2.15. The van der Waals surface area contributed by atoms with Crippen LogP contribution in [0.3, 0.4) is 0 Å². The summed E-state index contributed by atoms with van der Waals surface area (Å²) in [5.74, 6) is 0.166. The van der Waals surface area contributed by atoms with E-state index in [4.69, 9.17) is 18.0 Å². The fourth-order valence-corrected chi connectivity index (χ4v) is 3.30. The maximum absolute atomic E-state index is 5.98. The van der Waals surface area contributed by atoms with Gasteiger partial charge in [0.2, 0.25) is 0 Å². The van der Waals surface area contributed by atoms with E-state index in [1.54, 1.807) is 0 Å². The van der Waals surface area contributed by atoms with Gasteiger partial charge < -0.3 is 5.73 Å². The molecule has 104 valence electrons. The van der Waals surface area contributed by atoms with Crippen LogP contribution in [0.5, 0.6) is 0 Å². The number of likely N-dealkylation sites (tertiary alicyclic amines) is 1. The monoisotopic (exact) mass is 276 g/mol. The van der Waals surface area contributed by atoms with Crippen molar-refractivity contribution in [2.75, 3.05) is 6.54 Å². The van der Waals surface area contributed by atoms with Crippen LogP contribution in [-0.2, 0) is 0 Å². The van der Waals surface area contributed by atoms with Gasteiger partial charge >= 0.3 is 0 Å². The van der Waals surface area contributed by atoms with E-state index in [0.717, 1.165) is 6.54 Å². The molecule has 1 aliphatic heterocycles. The summed E-state index contributed by atoms with van der Waals surface area (Å²) in [5, 5.41) is 0. The Labute approximate surface area is 122 Å². The zero-order valence-corrected chi connectivity index (χ0v) is 12.7. The van der Waals surface area contributed by atoms with E-state index >= 15 is 0 Å². The molecular weight excluding hydrogens is 252 g/mol. The molecule has 1 saturated heterocycles. The van der Waals surface area contributed by atoms with Crippen LogP contribution in [0.1, 0.15) is 44.6 Å². The minimum Gasteiger partial charge on any atom is -0.393 e. The number of nitrogens with zero attached hydrogens (tertiary/aromatic N) is 1. The van der Waals surface area contributed by atoms with Crippen LogP contribution in [0.25, 0.3) is 0 Å². The molecule has 0 aliphatic carbocycles. The van der Waals surface area contributed by atoms with E-state index in [2.05, 4.69) is 43.0 Å². The normalized spacial score (nSPS) is 26.0. The highest BCUT2D eigenvalue weighted by Gasteiger charge is 2.28. The van der Waals surface area contributed by atoms with Crippen LogP contribution < -0.4 is 5.73 Å². The third kappa shape index (κ3) is 3.54. The van der Waals surface area contributed by atoms with E-state index < -0.39 is 0 Å². The maximum atomic E-state index is 5.98. The number of thiocarbonyl (C=S) groups is 1. The Morgan fingerprint density at radius 1 is 1.26 bits per heavy atom. The van der Waals surface area contributed by atoms with E-state index in [-0.39, 0.29) is 5.92 Å². The van der Waals surface area contributed by atoms with Crippen LogP contribution in [0.15, 0.2) is 30.3 Å². The van der Waals surface area contributed by atoms with E-state index in [0.29, 0.717) is 17.1 Å². The van der Waals surface area contributed by atoms with Crippen molar-refractivity contribution in [3.63, 3.8) is 0 Å². The molecule has 1 fully saturated rings. The van der Waals surface area contributed by atoms with Gasteiger partial charge in [0, 0.05) is 24.5 Å². The topological polar surface area (TPSA) is 29.3 Å². The Hall–Kier alpha value is -0.930. The molecule has 2 rings (SSSR count). The molecule has 0 spiro atoms. The smallest absolute Gasteiger partial charge is 0.0816 e. The first-order chi connectivity index (χ1) is 9.09. The number of piperidine rings is 1. The first kappa shape index (κ1) is 14.5. The van der Waals surface area contributed by atoms with Crippen LogP contribution in [-0.4, -0.2) is 28.5 Å². The second kappa shape index (κ2) is 6.49. The van der Waals surface area contributed by atoms with Gasteiger partial charge in [0.1, 0.15) is 0 Å². The summed E-state index contributed by atoms with van der Waals surface area (Å²) >= 11 is 5.30. The summed E-state index contributed by atoms with van der Waals surface area (Å²) in [4.78, 5) is 3.18. The highest BCUT2D eigenvalue weighted by Crippen LogP contribution is 2.26. The number of hydrogen-bond donors (Lipinski definition) is 1. The Bertz CT molecular complexity index is 408. The number of benzene rings is 1. The van der Waals surface area contributed by atoms with Crippen molar-refractivity contribution in [1.29, 1.82) is 0 Å². The summed E-state index contributed by atoms with van der Waals surface area (Å²) in [6, 6.07) is 11.7. The minimum atomic E-state index is 0.166. The summed E-state index contributed by atoms with van der Waals surface area (Å²) in [6.45, 7) is 5.58. The fraction of sp³-hybridized carbons (Fsp3) is 0.562. The lowest BCUT2D eigenvalue weighted by Gasteiger charge is -2.40. The molecule has 1 aromatic rings. The predicted molar refractivity (Wildman–Crippen MR) is 85.4 cm³/mol. The lowest BCUT2D eigenvalue weighted by atomic mass is 9.92. The molecule has 2 N–H and O–H groups in total. The molecule has 0 amide bonds. The van der Waals surface area contributed by atoms with E-state index in [1.807, 2.05) is 6.07 Å². The predicted octanol–water partition coefficient (Wildman–Crippen LogP) is 3.32. The van der Waals surface area contributed by atoms with E-state index in [9.17, 15) is 0 Å². The molecule has 2 nitrogen and oxygen atoms in total. The second-order valence-electron chi connectivity index (χ2n) is 5.69. The molecule has 1 aliphatic rings. The number of rotatable bonds is 4. The summed E-state index contributed by atoms with van der Waals surface area (Å²) < 4.78 is 0. The van der Waals surface area contributed by atoms with Gasteiger partial charge in [-0.1, -0.05) is 49.0 Å². The lowest BCUT2D eigenvalue weighted by Crippen LogP contribution is -2.47. The molecule has 0 bridgehead atoms. The Kier molecular flexibility index (Phi) is 4.94. The minimum absolute atomic E-state index is 0.166. The van der Waals surface area contributed by atoms with Gasteiger partial charge in [-0.2, -0.15) is 0 Å². The van der Waals surface area contributed by atoms with Crippen LogP contribution >= 0.6 is 12.2 Å². The maximum Gasteiger partial charge on any atom is 0.0816 e. The zero-order valence-electron chi connectivity index (χ0n) is 11.9. The summed E-state index contributed by atoms with van der Waals surface area (Å²) in [6.07, 6.45) is 3.90. The SMILES string of the molecule is C[C@@H]1CCC[C@H](C)N1CC(C(N)=S)c1ccccc1. The number of hydrogen-bond acceptors (Lipinski definition) is 2. The molecule has 1 heterocycles. The molecule has 3 heteroatoms. The number of nitrogens with two attached hydrogens (primary N) is 1. The third-order valence-electron chi connectivity index (χ3n) is 4.31. The van der Waals surface area contributed by atoms with Crippen molar-refractivity contribution in [3.8, 4) is 0 Å². The average Bonchev–Trinajstić information content (AvgIpc) is 2.39. The van der Waals surface area contributed by atoms with Crippen molar-refractivity contribution >= 4 is 17.2 Å². The largest absolute Gasteiger partial charge is 0.393 e. The first-order valence-electron chi connectivity index (χ1n) is 7.19. The standard InChI is InChI=1S/C16H24N2S/c1-12-7-6-8-13(2)18(12)11-15(16(17)19)14-9-4-3-5-10-14/h3-5,9-10,12-13,15H,6-8,11H2,1-2H3,(H2,17,19)/t12-,13+,15?. The Morgan fingerprint density at radius 3 is 2.37 bits per heavy atom. The molecular formula is C16H24N2S. The van der Waals surface area contributed by atoms with Gasteiger partial charge in [0.15, 0.2) is 0 Å². The van der Waals surface area contributed by atoms with Crippen molar-refractivity contribution in [1.82, 2.24) is 4.90 Å². The van der Waals surface area contributed by atoms with Crippen LogP contribution in [0.4, 0.5) is 0 Å². The highest BCUT2D eigenvalue weighted by atomic mass is 32.1. The van der Waals surface area contributed by atoms with Crippen molar-refractivity contribution in [3.05, 3.63) is 35.9 Å². The highest BCUT2D eigenvalue weighted by molar-refractivity contribution is 7.80. The van der Waals surface area contributed by atoms with Gasteiger partial charge in [-0.15, -0.1) is 0 Å². The molecule has 0 radical (unpaired) electrons. The quantitative estimate of drug-likeness (QED) is 0.855. The van der Waals surface area contributed by atoms with Gasteiger partial charge in [0.25, 0.3) is 0 Å². The average molecular weight is 276 g/mol.